The van der Waals surface area contributed by atoms with Crippen molar-refractivity contribution in [2.24, 2.45) is 5.92 Å². The van der Waals surface area contributed by atoms with Gasteiger partial charge in [0.05, 0.1) is 50.5 Å². The topological polar surface area (TPSA) is 71.4 Å². The summed E-state index contributed by atoms with van der Waals surface area (Å²) < 4.78 is 29.3. The van der Waals surface area contributed by atoms with E-state index in [9.17, 15) is 13.2 Å². The average Bonchev–Trinajstić information content (AvgIpc) is 3.06. The molecule has 0 unspecified atom stereocenters. The quantitative estimate of drug-likeness (QED) is 0.671. The van der Waals surface area contributed by atoms with E-state index in [1.54, 1.807) is 7.11 Å². The van der Waals surface area contributed by atoms with E-state index in [0.717, 1.165) is 37.6 Å². The van der Waals surface area contributed by atoms with E-state index in [2.05, 4.69) is 24.8 Å². The molecule has 3 rings (SSSR count). The SMILES string of the molecule is COc1ccccc1N1CC[NH+](CC(=O)N(CC(C)C)[C@H]2CCS(=O)(=O)C2)CC1. The Bertz CT molecular complexity index is 804. The van der Waals surface area contributed by atoms with Crippen molar-refractivity contribution in [3.63, 3.8) is 0 Å². The van der Waals surface area contributed by atoms with E-state index in [4.69, 9.17) is 4.74 Å². The third-order valence-electron chi connectivity index (χ3n) is 5.83. The highest BCUT2D eigenvalue weighted by Crippen LogP contribution is 2.27. The monoisotopic (exact) mass is 424 g/mol. The minimum absolute atomic E-state index is 0.0848. The number of sulfone groups is 1. The summed E-state index contributed by atoms with van der Waals surface area (Å²) in [7, 11) is -1.32. The second-order valence-corrected chi connectivity index (χ2v) is 10.8. The van der Waals surface area contributed by atoms with E-state index in [1.807, 2.05) is 23.1 Å². The highest BCUT2D eigenvalue weighted by atomic mass is 32.2. The van der Waals surface area contributed by atoms with Gasteiger partial charge >= 0.3 is 0 Å². The second kappa shape index (κ2) is 9.34. The van der Waals surface area contributed by atoms with Gasteiger partial charge in [-0.05, 0) is 24.5 Å². The van der Waals surface area contributed by atoms with Gasteiger partial charge in [-0.2, -0.15) is 0 Å². The summed E-state index contributed by atoms with van der Waals surface area (Å²) in [5, 5.41) is 0. The first-order chi connectivity index (χ1) is 13.8. The lowest BCUT2D eigenvalue weighted by Gasteiger charge is -2.36. The number of nitrogens with one attached hydrogen (secondary N) is 1. The van der Waals surface area contributed by atoms with Gasteiger partial charge in [-0.1, -0.05) is 26.0 Å². The van der Waals surface area contributed by atoms with Gasteiger partial charge in [0.1, 0.15) is 5.75 Å². The maximum atomic E-state index is 13.1. The highest BCUT2D eigenvalue weighted by molar-refractivity contribution is 7.91. The molecule has 0 saturated carbocycles. The Morgan fingerprint density at radius 3 is 2.55 bits per heavy atom. The lowest BCUT2D eigenvalue weighted by atomic mass is 10.1. The Kier molecular flexibility index (Phi) is 7.05. The fraction of sp³-hybridized carbons (Fsp3) is 0.667. The number of benzene rings is 1. The normalized spacial score (nSPS) is 22.1. The van der Waals surface area contributed by atoms with Gasteiger partial charge in [0.15, 0.2) is 16.4 Å². The number of anilines is 1. The van der Waals surface area contributed by atoms with Crippen molar-refractivity contribution in [2.75, 3.05) is 62.8 Å². The molecule has 1 aromatic rings. The number of ether oxygens (including phenoxy) is 1. The molecule has 1 atom stereocenters. The molecule has 8 heteroatoms. The molecule has 7 nitrogen and oxygen atoms in total. The molecule has 29 heavy (non-hydrogen) atoms. The van der Waals surface area contributed by atoms with E-state index in [0.29, 0.717) is 25.4 Å². The van der Waals surface area contributed by atoms with E-state index in [-0.39, 0.29) is 23.5 Å². The van der Waals surface area contributed by atoms with Gasteiger partial charge in [-0.15, -0.1) is 0 Å². The Labute approximate surface area is 174 Å². The Hall–Kier alpha value is -1.80. The first kappa shape index (κ1) is 21.9. The molecule has 2 fully saturated rings. The minimum Gasteiger partial charge on any atom is -0.495 e. The molecule has 1 aromatic carbocycles. The van der Waals surface area contributed by atoms with Crippen molar-refractivity contribution in [3.8, 4) is 5.75 Å². The molecule has 0 bridgehead atoms. The van der Waals surface area contributed by atoms with Crippen LogP contribution < -0.4 is 14.5 Å². The Balaban J connectivity index is 1.58. The van der Waals surface area contributed by atoms with Crippen LogP contribution in [-0.2, 0) is 14.6 Å². The second-order valence-electron chi connectivity index (χ2n) is 8.58. The maximum Gasteiger partial charge on any atom is 0.278 e. The summed E-state index contributed by atoms with van der Waals surface area (Å²) in [6.07, 6.45) is 0.567. The molecule has 1 amide bonds. The summed E-state index contributed by atoms with van der Waals surface area (Å²) >= 11 is 0. The molecule has 162 valence electrons. The summed E-state index contributed by atoms with van der Waals surface area (Å²) in [6.45, 7) is 8.69. The lowest BCUT2D eigenvalue weighted by Crippen LogP contribution is -3.16. The number of carbonyl (C=O) groups excluding carboxylic acids is 1. The zero-order chi connectivity index (χ0) is 21.0. The van der Waals surface area contributed by atoms with E-state index in [1.165, 1.54) is 4.90 Å². The number of methoxy groups -OCH3 is 1. The fourth-order valence-electron chi connectivity index (χ4n) is 4.32. The summed E-state index contributed by atoms with van der Waals surface area (Å²) in [4.78, 5) is 18.5. The van der Waals surface area contributed by atoms with Crippen LogP contribution in [0.2, 0.25) is 0 Å². The van der Waals surface area contributed by atoms with Gasteiger partial charge in [0, 0.05) is 12.6 Å². The molecule has 2 saturated heterocycles. The first-order valence-electron chi connectivity index (χ1n) is 10.5. The molecular formula is C21H34N3O4S+. The van der Waals surface area contributed by atoms with Crippen LogP contribution in [-0.4, -0.2) is 83.2 Å². The smallest absolute Gasteiger partial charge is 0.278 e. The van der Waals surface area contributed by atoms with Gasteiger partial charge in [0.2, 0.25) is 0 Å². The number of nitrogens with zero attached hydrogens (tertiary/aromatic N) is 2. The molecule has 2 aliphatic heterocycles. The van der Waals surface area contributed by atoms with Gasteiger partial charge < -0.3 is 19.4 Å². The predicted octanol–water partition coefficient (Wildman–Crippen LogP) is 0.0718. The number of hydrogen-bond donors (Lipinski definition) is 1. The van der Waals surface area contributed by atoms with Gasteiger partial charge in [-0.3, -0.25) is 4.79 Å². The summed E-state index contributed by atoms with van der Waals surface area (Å²) in [6, 6.07) is 7.86. The van der Waals surface area contributed by atoms with Crippen LogP contribution in [0.15, 0.2) is 24.3 Å². The van der Waals surface area contributed by atoms with Crippen LogP contribution in [0, 0.1) is 5.92 Å². The number of para-hydroxylation sites is 2. The number of piperazine rings is 1. The molecule has 2 heterocycles. The zero-order valence-corrected chi connectivity index (χ0v) is 18.6. The average molecular weight is 425 g/mol. The zero-order valence-electron chi connectivity index (χ0n) is 17.8. The fourth-order valence-corrected chi connectivity index (χ4v) is 6.05. The lowest BCUT2D eigenvalue weighted by molar-refractivity contribution is -0.892. The summed E-state index contributed by atoms with van der Waals surface area (Å²) in [5.41, 5.74) is 1.10. The van der Waals surface area contributed by atoms with Crippen LogP contribution >= 0.6 is 0 Å². The van der Waals surface area contributed by atoms with Crippen molar-refractivity contribution in [1.29, 1.82) is 0 Å². The van der Waals surface area contributed by atoms with Gasteiger partial charge in [-0.25, -0.2) is 8.42 Å². The summed E-state index contributed by atoms with van der Waals surface area (Å²) in [5.74, 6) is 1.59. The van der Waals surface area contributed by atoms with Crippen LogP contribution in [0.1, 0.15) is 20.3 Å². The number of rotatable bonds is 7. The molecule has 0 aromatic heterocycles. The Morgan fingerprint density at radius 1 is 1.28 bits per heavy atom. The minimum atomic E-state index is -3.01. The number of hydrogen-bond acceptors (Lipinski definition) is 5. The molecule has 0 aliphatic carbocycles. The van der Waals surface area contributed by atoms with Crippen LogP contribution in [0.25, 0.3) is 0 Å². The van der Waals surface area contributed by atoms with Gasteiger partial charge in [0.25, 0.3) is 5.91 Å². The molecule has 0 spiro atoms. The first-order valence-corrected chi connectivity index (χ1v) is 12.3. The van der Waals surface area contributed by atoms with Crippen LogP contribution in [0.4, 0.5) is 5.69 Å². The maximum absolute atomic E-state index is 13.1. The van der Waals surface area contributed by atoms with Crippen molar-refractivity contribution in [2.45, 2.75) is 26.3 Å². The Morgan fingerprint density at radius 2 is 1.97 bits per heavy atom. The van der Waals surface area contributed by atoms with Crippen LogP contribution in [0.3, 0.4) is 0 Å². The van der Waals surface area contributed by atoms with E-state index < -0.39 is 9.84 Å². The molecule has 0 radical (unpaired) electrons. The van der Waals surface area contributed by atoms with Crippen molar-refractivity contribution in [1.82, 2.24) is 4.90 Å². The van der Waals surface area contributed by atoms with Crippen LogP contribution in [0.5, 0.6) is 5.75 Å². The third-order valence-corrected chi connectivity index (χ3v) is 7.58. The largest absolute Gasteiger partial charge is 0.495 e. The molecular weight excluding hydrogens is 390 g/mol. The number of carbonyl (C=O) groups is 1. The third kappa shape index (κ3) is 5.63. The predicted molar refractivity (Wildman–Crippen MR) is 114 cm³/mol. The highest BCUT2D eigenvalue weighted by Gasteiger charge is 2.36. The van der Waals surface area contributed by atoms with Crippen molar-refractivity contribution in [3.05, 3.63) is 24.3 Å². The van der Waals surface area contributed by atoms with E-state index >= 15 is 0 Å². The number of amides is 1. The molecule has 2 aliphatic rings. The van der Waals surface area contributed by atoms with Crippen molar-refractivity contribution >= 4 is 21.4 Å². The number of quaternary nitrogens is 1. The molecule has 1 N–H and O–H groups in total. The van der Waals surface area contributed by atoms with Crippen molar-refractivity contribution < 1.29 is 22.8 Å². The standard InChI is InChI=1S/C21H33N3O4S/c1-17(2)14-24(18-8-13-29(26,27)16-18)21(25)15-22-9-11-23(12-10-22)19-6-4-5-7-20(19)28-3/h4-7,17-18H,8-16H2,1-3H3/p+1/t18-/m0/s1.